The molecular weight excluding hydrogens is 204 g/mol. The molecule has 0 spiro atoms. The Morgan fingerprint density at radius 1 is 1.56 bits per heavy atom. The standard InChI is InChI=1S/C12H12N2O2/c1-16-12(15)9-4-5-14-7-10(8-2-3-8)13-11(14)6-9/h4-8H,2-3H2,1H3. The molecule has 0 unspecified atom stereocenters. The van der Waals surface area contributed by atoms with Gasteiger partial charge in [0.15, 0.2) is 0 Å². The number of aromatic nitrogens is 2. The van der Waals surface area contributed by atoms with Crippen molar-refractivity contribution in [1.29, 1.82) is 0 Å². The zero-order valence-corrected chi connectivity index (χ0v) is 9.01. The molecule has 16 heavy (non-hydrogen) atoms. The molecule has 4 nitrogen and oxygen atoms in total. The minimum atomic E-state index is -0.321. The third-order valence-corrected chi connectivity index (χ3v) is 2.90. The molecule has 82 valence electrons. The van der Waals surface area contributed by atoms with Crippen LogP contribution >= 0.6 is 0 Å². The predicted octanol–water partition coefficient (Wildman–Crippen LogP) is 2.00. The summed E-state index contributed by atoms with van der Waals surface area (Å²) < 4.78 is 6.62. The zero-order chi connectivity index (χ0) is 11.1. The Kier molecular flexibility index (Phi) is 1.96. The van der Waals surface area contributed by atoms with Crippen molar-refractivity contribution in [2.75, 3.05) is 7.11 Å². The summed E-state index contributed by atoms with van der Waals surface area (Å²) in [6.45, 7) is 0. The number of ether oxygens (including phenoxy) is 1. The fraction of sp³-hybridized carbons (Fsp3) is 0.333. The summed E-state index contributed by atoms with van der Waals surface area (Å²) in [4.78, 5) is 15.9. The van der Waals surface area contributed by atoms with E-state index in [1.54, 1.807) is 12.1 Å². The molecule has 0 aromatic carbocycles. The number of methoxy groups -OCH3 is 1. The molecule has 2 aromatic rings. The Morgan fingerprint density at radius 2 is 2.38 bits per heavy atom. The third kappa shape index (κ3) is 1.46. The highest BCUT2D eigenvalue weighted by Crippen LogP contribution is 2.39. The van der Waals surface area contributed by atoms with E-state index in [2.05, 4.69) is 9.72 Å². The molecule has 2 heterocycles. The van der Waals surface area contributed by atoms with Crippen LogP contribution in [0, 0.1) is 0 Å². The maximum atomic E-state index is 11.4. The summed E-state index contributed by atoms with van der Waals surface area (Å²) >= 11 is 0. The van der Waals surface area contributed by atoms with Crippen LogP contribution in [0.4, 0.5) is 0 Å². The maximum absolute atomic E-state index is 11.4. The van der Waals surface area contributed by atoms with Crippen LogP contribution in [0.2, 0.25) is 0 Å². The lowest BCUT2D eigenvalue weighted by molar-refractivity contribution is 0.0600. The molecule has 0 bridgehead atoms. The summed E-state index contributed by atoms with van der Waals surface area (Å²) in [7, 11) is 1.38. The van der Waals surface area contributed by atoms with Crippen LogP contribution in [0.5, 0.6) is 0 Å². The van der Waals surface area contributed by atoms with Crippen molar-refractivity contribution in [2.24, 2.45) is 0 Å². The number of imidazole rings is 1. The van der Waals surface area contributed by atoms with Crippen molar-refractivity contribution in [3.63, 3.8) is 0 Å². The van der Waals surface area contributed by atoms with Crippen molar-refractivity contribution in [1.82, 2.24) is 9.38 Å². The van der Waals surface area contributed by atoms with Crippen molar-refractivity contribution < 1.29 is 9.53 Å². The number of hydrogen-bond acceptors (Lipinski definition) is 3. The first kappa shape index (κ1) is 9.39. The molecule has 1 saturated carbocycles. The van der Waals surface area contributed by atoms with Gasteiger partial charge in [0.2, 0.25) is 0 Å². The molecule has 0 amide bonds. The molecule has 0 atom stereocenters. The van der Waals surface area contributed by atoms with Gasteiger partial charge in [-0.25, -0.2) is 9.78 Å². The van der Waals surface area contributed by atoms with Gasteiger partial charge in [-0.2, -0.15) is 0 Å². The van der Waals surface area contributed by atoms with Crippen LogP contribution in [0.25, 0.3) is 5.65 Å². The quantitative estimate of drug-likeness (QED) is 0.721. The number of hydrogen-bond donors (Lipinski definition) is 0. The van der Waals surface area contributed by atoms with Gasteiger partial charge in [0, 0.05) is 18.3 Å². The Morgan fingerprint density at radius 3 is 3.06 bits per heavy atom. The average Bonchev–Trinajstić information content (AvgIpc) is 3.07. The Labute approximate surface area is 92.9 Å². The normalized spacial score (nSPS) is 15.3. The van der Waals surface area contributed by atoms with E-state index >= 15 is 0 Å². The average molecular weight is 216 g/mol. The molecule has 0 aliphatic heterocycles. The number of carbonyl (C=O) groups excluding carboxylic acids is 1. The smallest absolute Gasteiger partial charge is 0.338 e. The van der Waals surface area contributed by atoms with E-state index in [0.717, 1.165) is 11.3 Å². The summed E-state index contributed by atoms with van der Waals surface area (Å²) in [5.41, 5.74) is 2.48. The molecular formula is C12H12N2O2. The SMILES string of the molecule is COC(=O)c1ccn2cc(C3CC3)nc2c1. The molecule has 1 fully saturated rings. The first-order valence-electron chi connectivity index (χ1n) is 5.35. The van der Waals surface area contributed by atoms with Gasteiger partial charge in [-0.1, -0.05) is 0 Å². The fourth-order valence-electron chi connectivity index (χ4n) is 1.82. The second kappa shape index (κ2) is 3.33. The number of carbonyl (C=O) groups is 1. The minimum Gasteiger partial charge on any atom is -0.465 e. The number of pyridine rings is 1. The van der Waals surface area contributed by atoms with Gasteiger partial charge < -0.3 is 9.14 Å². The molecule has 4 heteroatoms. The van der Waals surface area contributed by atoms with E-state index < -0.39 is 0 Å². The number of nitrogens with zero attached hydrogens (tertiary/aromatic N) is 2. The lowest BCUT2D eigenvalue weighted by atomic mass is 10.3. The molecule has 2 aromatic heterocycles. The van der Waals surface area contributed by atoms with Crippen LogP contribution < -0.4 is 0 Å². The number of esters is 1. The minimum absolute atomic E-state index is 0.321. The van der Waals surface area contributed by atoms with E-state index in [9.17, 15) is 4.79 Å². The summed E-state index contributed by atoms with van der Waals surface area (Å²) in [5, 5.41) is 0. The predicted molar refractivity (Wildman–Crippen MR) is 58.5 cm³/mol. The molecule has 1 aliphatic rings. The monoisotopic (exact) mass is 216 g/mol. The van der Waals surface area contributed by atoms with Crippen LogP contribution in [0.15, 0.2) is 24.5 Å². The summed E-state index contributed by atoms with van der Waals surface area (Å²) in [5.74, 6) is 0.306. The van der Waals surface area contributed by atoms with Gasteiger partial charge in [0.25, 0.3) is 0 Å². The van der Waals surface area contributed by atoms with Crippen molar-refractivity contribution in [2.45, 2.75) is 18.8 Å². The Balaban J connectivity index is 2.06. The fourth-order valence-corrected chi connectivity index (χ4v) is 1.82. The van der Waals surface area contributed by atoms with Crippen molar-refractivity contribution >= 4 is 11.6 Å². The van der Waals surface area contributed by atoms with Gasteiger partial charge >= 0.3 is 5.97 Å². The second-order valence-corrected chi connectivity index (χ2v) is 4.11. The van der Waals surface area contributed by atoms with Gasteiger partial charge in [0.1, 0.15) is 5.65 Å². The van der Waals surface area contributed by atoms with Gasteiger partial charge in [0.05, 0.1) is 18.4 Å². The zero-order valence-electron chi connectivity index (χ0n) is 9.01. The van der Waals surface area contributed by atoms with Crippen LogP contribution in [-0.4, -0.2) is 22.5 Å². The highest BCUT2D eigenvalue weighted by Gasteiger charge is 2.26. The van der Waals surface area contributed by atoms with E-state index in [-0.39, 0.29) is 5.97 Å². The van der Waals surface area contributed by atoms with Crippen LogP contribution in [0.3, 0.4) is 0 Å². The summed E-state index contributed by atoms with van der Waals surface area (Å²) in [6, 6.07) is 3.51. The van der Waals surface area contributed by atoms with Gasteiger partial charge in [-0.05, 0) is 25.0 Å². The molecule has 3 rings (SSSR count). The van der Waals surface area contributed by atoms with Crippen molar-refractivity contribution in [3.05, 3.63) is 35.8 Å². The topological polar surface area (TPSA) is 43.6 Å². The third-order valence-electron chi connectivity index (χ3n) is 2.90. The lowest BCUT2D eigenvalue weighted by Gasteiger charge is -1.98. The highest BCUT2D eigenvalue weighted by molar-refractivity contribution is 5.90. The Hall–Kier alpha value is -1.84. The largest absolute Gasteiger partial charge is 0.465 e. The molecule has 0 saturated heterocycles. The molecule has 0 N–H and O–H groups in total. The lowest BCUT2D eigenvalue weighted by Crippen LogP contribution is -2.01. The van der Waals surface area contributed by atoms with Crippen LogP contribution in [0.1, 0.15) is 34.8 Å². The molecule has 1 aliphatic carbocycles. The van der Waals surface area contributed by atoms with E-state index in [0.29, 0.717) is 11.5 Å². The number of fused-ring (bicyclic) bond motifs is 1. The summed E-state index contributed by atoms with van der Waals surface area (Å²) in [6.07, 6.45) is 6.34. The Bertz CT molecular complexity index is 555. The number of rotatable bonds is 2. The molecule has 0 radical (unpaired) electrons. The van der Waals surface area contributed by atoms with E-state index in [1.165, 1.54) is 20.0 Å². The van der Waals surface area contributed by atoms with E-state index in [1.807, 2.05) is 16.8 Å². The first-order chi connectivity index (χ1) is 7.78. The second-order valence-electron chi connectivity index (χ2n) is 4.11. The maximum Gasteiger partial charge on any atom is 0.338 e. The van der Waals surface area contributed by atoms with E-state index in [4.69, 9.17) is 0 Å². The van der Waals surface area contributed by atoms with Crippen LogP contribution in [-0.2, 0) is 4.74 Å². The first-order valence-corrected chi connectivity index (χ1v) is 5.35. The highest BCUT2D eigenvalue weighted by atomic mass is 16.5. The van der Waals surface area contributed by atoms with Gasteiger partial charge in [-0.3, -0.25) is 0 Å². The van der Waals surface area contributed by atoms with Crippen molar-refractivity contribution in [3.8, 4) is 0 Å². The van der Waals surface area contributed by atoms with Gasteiger partial charge in [-0.15, -0.1) is 0 Å².